The fourth-order valence-electron chi connectivity index (χ4n) is 3.82. The van der Waals surface area contributed by atoms with Crippen molar-refractivity contribution in [3.8, 4) is 0 Å². The second-order valence-corrected chi connectivity index (χ2v) is 9.69. The van der Waals surface area contributed by atoms with Crippen LogP contribution in [0.4, 0.5) is 0 Å². The summed E-state index contributed by atoms with van der Waals surface area (Å²) in [5, 5.41) is 8.03. The lowest BCUT2D eigenvalue weighted by Crippen LogP contribution is -2.23. The Morgan fingerprint density at radius 1 is 0.871 bits per heavy atom. The van der Waals surface area contributed by atoms with E-state index < -0.39 is 7.60 Å². The smallest absolute Gasteiger partial charge is 0.309 e. The molecule has 0 unspecified atom stereocenters. The number of carbonyl (C=O) groups is 2. The maximum Gasteiger partial charge on any atom is 0.330 e. The summed E-state index contributed by atoms with van der Waals surface area (Å²) in [6.45, 7) is 4.97. The monoisotopic (exact) mass is 447 g/mol. The third kappa shape index (κ3) is 5.56. The van der Waals surface area contributed by atoms with Crippen LogP contribution in [0, 0.1) is 0 Å². The van der Waals surface area contributed by atoms with Gasteiger partial charge in [0, 0.05) is 17.7 Å². The van der Waals surface area contributed by atoms with Crippen LogP contribution >= 0.6 is 7.60 Å². The Balaban J connectivity index is 1.42. The molecule has 3 rings (SSSR count). The van der Waals surface area contributed by atoms with Crippen molar-refractivity contribution in [2.24, 2.45) is 0 Å². The molecule has 31 heavy (non-hydrogen) atoms. The molecule has 0 bridgehead atoms. The molecule has 0 spiro atoms. The third-order valence-corrected chi connectivity index (χ3v) is 7.45. The van der Waals surface area contributed by atoms with E-state index in [1.807, 2.05) is 13.8 Å². The standard InChI is InChI=1S/C22H30N3O5P/c1-3-29-31(28,30-4-2)16-12-8-6-5-7-11-15-25-20-19(23-24-25)21(26)17-13-9-10-14-18(17)22(20)27/h9-10,13-14H,3-8,11-12,15-16H2,1-2H3. The summed E-state index contributed by atoms with van der Waals surface area (Å²) >= 11 is 0. The van der Waals surface area contributed by atoms with Gasteiger partial charge in [0.05, 0.1) is 19.4 Å². The summed E-state index contributed by atoms with van der Waals surface area (Å²) in [6.07, 6.45) is 6.10. The van der Waals surface area contributed by atoms with Gasteiger partial charge in [-0.15, -0.1) is 5.10 Å². The van der Waals surface area contributed by atoms with E-state index in [4.69, 9.17) is 9.05 Å². The number of rotatable bonds is 13. The zero-order chi connectivity index (χ0) is 22.3. The second kappa shape index (κ2) is 10.9. The Morgan fingerprint density at radius 2 is 1.45 bits per heavy atom. The molecule has 0 fully saturated rings. The van der Waals surface area contributed by atoms with Crippen LogP contribution in [0.5, 0.6) is 0 Å². The molecule has 0 N–H and O–H groups in total. The van der Waals surface area contributed by atoms with Crippen molar-refractivity contribution in [2.75, 3.05) is 19.4 Å². The van der Waals surface area contributed by atoms with Crippen LogP contribution in [0.15, 0.2) is 24.3 Å². The Bertz CT molecular complexity index is 962. The molecular weight excluding hydrogens is 417 g/mol. The average molecular weight is 447 g/mol. The number of carbonyl (C=O) groups excluding carboxylic acids is 2. The highest BCUT2D eigenvalue weighted by molar-refractivity contribution is 7.53. The molecule has 1 aliphatic carbocycles. The number of fused-ring (bicyclic) bond motifs is 2. The van der Waals surface area contributed by atoms with E-state index >= 15 is 0 Å². The molecule has 9 heteroatoms. The number of hydrogen-bond donors (Lipinski definition) is 0. The van der Waals surface area contributed by atoms with Gasteiger partial charge in [-0.2, -0.15) is 0 Å². The Labute approximate surface area is 182 Å². The van der Waals surface area contributed by atoms with Gasteiger partial charge in [-0.1, -0.05) is 55.2 Å². The molecular formula is C22H30N3O5P. The SMILES string of the molecule is CCOP(=O)(CCCCCCCCn1nnc2c1C(=O)c1ccccc1C2=O)OCC. The molecule has 8 nitrogen and oxygen atoms in total. The van der Waals surface area contributed by atoms with Crippen LogP contribution in [0.3, 0.4) is 0 Å². The maximum atomic E-state index is 12.8. The number of hydrogen-bond acceptors (Lipinski definition) is 7. The summed E-state index contributed by atoms with van der Waals surface area (Å²) in [5.41, 5.74) is 1.26. The van der Waals surface area contributed by atoms with Gasteiger partial charge >= 0.3 is 7.60 Å². The third-order valence-electron chi connectivity index (χ3n) is 5.29. The van der Waals surface area contributed by atoms with Crippen LogP contribution in [0.2, 0.25) is 0 Å². The summed E-state index contributed by atoms with van der Waals surface area (Å²) in [4.78, 5) is 25.4. The number of benzene rings is 1. The normalized spacial score (nSPS) is 13.4. The van der Waals surface area contributed by atoms with Gasteiger partial charge in [-0.3, -0.25) is 14.2 Å². The minimum atomic E-state index is -2.94. The van der Waals surface area contributed by atoms with Crippen LogP contribution in [-0.2, 0) is 20.2 Å². The molecule has 0 amide bonds. The van der Waals surface area contributed by atoms with E-state index in [2.05, 4.69) is 10.3 Å². The molecule has 0 atom stereocenters. The highest BCUT2D eigenvalue weighted by Gasteiger charge is 2.34. The number of aryl methyl sites for hydroxylation is 1. The van der Waals surface area contributed by atoms with E-state index in [0.717, 1.165) is 38.5 Å². The fourth-order valence-corrected chi connectivity index (χ4v) is 5.55. The predicted molar refractivity (Wildman–Crippen MR) is 117 cm³/mol. The molecule has 1 heterocycles. The van der Waals surface area contributed by atoms with Crippen molar-refractivity contribution in [1.82, 2.24) is 15.0 Å². The lowest BCUT2D eigenvalue weighted by Gasteiger charge is -2.16. The van der Waals surface area contributed by atoms with Crippen LogP contribution in [-0.4, -0.2) is 45.9 Å². The second-order valence-electron chi connectivity index (χ2n) is 7.51. The molecule has 1 aliphatic rings. The van der Waals surface area contributed by atoms with E-state index in [-0.39, 0.29) is 17.3 Å². The fraction of sp³-hybridized carbons (Fsp3) is 0.545. The largest absolute Gasteiger partial charge is 0.330 e. The first-order valence-electron chi connectivity index (χ1n) is 11.0. The van der Waals surface area contributed by atoms with Crippen molar-refractivity contribution in [1.29, 1.82) is 0 Å². The van der Waals surface area contributed by atoms with E-state index in [1.54, 1.807) is 28.9 Å². The summed E-state index contributed by atoms with van der Waals surface area (Å²) in [5.74, 6) is -0.434. The topological polar surface area (TPSA) is 100 Å². The first kappa shape index (κ1) is 23.5. The highest BCUT2D eigenvalue weighted by atomic mass is 31.2. The summed E-state index contributed by atoms with van der Waals surface area (Å²) < 4.78 is 24.6. The molecule has 0 saturated heterocycles. The van der Waals surface area contributed by atoms with Crippen LogP contribution < -0.4 is 0 Å². The van der Waals surface area contributed by atoms with Gasteiger partial charge in [0.25, 0.3) is 0 Å². The Hall–Kier alpha value is -2.15. The molecule has 1 aromatic heterocycles. The van der Waals surface area contributed by atoms with Gasteiger partial charge in [0.15, 0.2) is 5.69 Å². The lowest BCUT2D eigenvalue weighted by molar-refractivity contribution is 0.0970. The quantitative estimate of drug-likeness (QED) is 0.277. The number of unbranched alkanes of at least 4 members (excludes halogenated alkanes) is 5. The van der Waals surface area contributed by atoms with Gasteiger partial charge in [-0.25, -0.2) is 4.68 Å². The minimum Gasteiger partial charge on any atom is -0.309 e. The van der Waals surface area contributed by atoms with Gasteiger partial charge in [-0.05, 0) is 26.7 Å². The van der Waals surface area contributed by atoms with Gasteiger partial charge in [0.1, 0.15) is 5.69 Å². The van der Waals surface area contributed by atoms with Crippen LogP contribution in [0.25, 0.3) is 0 Å². The highest BCUT2D eigenvalue weighted by Crippen LogP contribution is 2.48. The first-order valence-corrected chi connectivity index (χ1v) is 12.7. The summed E-state index contributed by atoms with van der Waals surface area (Å²) in [6, 6.07) is 6.82. The Kier molecular flexibility index (Phi) is 8.29. The first-order chi connectivity index (χ1) is 15.0. The molecule has 0 radical (unpaired) electrons. The number of nitrogens with zero attached hydrogens (tertiary/aromatic N) is 3. The van der Waals surface area contributed by atoms with Gasteiger partial charge in [0.2, 0.25) is 11.6 Å². The molecule has 0 aliphatic heterocycles. The minimum absolute atomic E-state index is 0.150. The zero-order valence-electron chi connectivity index (χ0n) is 18.2. The molecule has 2 aromatic rings. The maximum absolute atomic E-state index is 12.8. The van der Waals surface area contributed by atoms with Crippen molar-refractivity contribution >= 4 is 19.2 Å². The Morgan fingerprint density at radius 3 is 2.10 bits per heavy atom. The summed E-state index contributed by atoms with van der Waals surface area (Å²) in [7, 11) is -2.94. The van der Waals surface area contributed by atoms with Crippen molar-refractivity contribution in [2.45, 2.75) is 58.9 Å². The molecule has 1 aromatic carbocycles. The van der Waals surface area contributed by atoms with Crippen molar-refractivity contribution < 1.29 is 23.2 Å². The molecule has 0 saturated carbocycles. The van der Waals surface area contributed by atoms with Crippen LogP contribution in [0.1, 0.15) is 84.5 Å². The zero-order valence-corrected chi connectivity index (χ0v) is 19.1. The van der Waals surface area contributed by atoms with E-state index in [0.29, 0.717) is 42.7 Å². The van der Waals surface area contributed by atoms with Crippen molar-refractivity contribution in [3.05, 3.63) is 46.8 Å². The van der Waals surface area contributed by atoms with Crippen molar-refractivity contribution in [3.63, 3.8) is 0 Å². The van der Waals surface area contributed by atoms with E-state index in [9.17, 15) is 14.2 Å². The lowest BCUT2D eigenvalue weighted by atomic mass is 9.90. The predicted octanol–water partition coefficient (Wildman–Crippen LogP) is 4.66. The van der Waals surface area contributed by atoms with Gasteiger partial charge < -0.3 is 9.05 Å². The number of ketones is 2. The van der Waals surface area contributed by atoms with E-state index in [1.165, 1.54) is 0 Å². The average Bonchev–Trinajstić information content (AvgIpc) is 3.19. The number of aromatic nitrogens is 3. The molecule has 168 valence electrons.